The molecule has 0 atom stereocenters. The van der Waals surface area contributed by atoms with E-state index >= 15 is 0 Å². The molecule has 1 heterocycles. The first-order chi connectivity index (χ1) is 14.1. The number of hydrogen-bond acceptors (Lipinski definition) is 6. The van der Waals surface area contributed by atoms with Crippen molar-refractivity contribution in [2.24, 2.45) is 5.41 Å². The van der Waals surface area contributed by atoms with Crippen molar-refractivity contribution in [3.63, 3.8) is 0 Å². The SMILES string of the molecule is COc1ccc(C(=O)Cc2cc3c(cc2C)OCCO3)c(OC(=O)C(C)(C)C)c1C. The molecule has 3 rings (SSSR count). The van der Waals surface area contributed by atoms with Gasteiger partial charge in [0.25, 0.3) is 0 Å². The Hall–Kier alpha value is -3.02. The number of ketones is 1. The molecule has 0 amide bonds. The maximum Gasteiger partial charge on any atom is 0.316 e. The lowest BCUT2D eigenvalue weighted by Crippen LogP contribution is -2.26. The third-order valence-electron chi connectivity index (χ3n) is 5.04. The van der Waals surface area contributed by atoms with Crippen LogP contribution in [0.4, 0.5) is 0 Å². The van der Waals surface area contributed by atoms with Crippen molar-refractivity contribution in [2.45, 2.75) is 41.0 Å². The number of carbonyl (C=O) groups excluding carboxylic acids is 2. The number of esters is 1. The molecular formula is C24H28O6. The van der Waals surface area contributed by atoms with Gasteiger partial charge in [-0.3, -0.25) is 9.59 Å². The molecule has 1 aliphatic heterocycles. The maximum atomic E-state index is 13.2. The normalized spacial score (nSPS) is 13.0. The van der Waals surface area contributed by atoms with Crippen molar-refractivity contribution < 1.29 is 28.5 Å². The summed E-state index contributed by atoms with van der Waals surface area (Å²) in [6, 6.07) is 7.09. The summed E-state index contributed by atoms with van der Waals surface area (Å²) in [6.45, 7) is 10.0. The quantitative estimate of drug-likeness (QED) is 0.410. The van der Waals surface area contributed by atoms with Gasteiger partial charge in [0.1, 0.15) is 24.7 Å². The number of aryl methyl sites for hydroxylation is 1. The average Bonchev–Trinajstić information content (AvgIpc) is 2.69. The maximum absolute atomic E-state index is 13.2. The molecule has 0 spiro atoms. The largest absolute Gasteiger partial charge is 0.496 e. The lowest BCUT2D eigenvalue weighted by atomic mass is 9.95. The molecule has 0 aromatic heterocycles. The number of fused-ring (bicyclic) bond motifs is 1. The third kappa shape index (κ3) is 4.42. The minimum atomic E-state index is -0.706. The average molecular weight is 412 g/mol. The van der Waals surface area contributed by atoms with E-state index in [1.165, 1.54) is 7.11 Å². The monoisotopic (exact) mass is 412 g/mol. The van der Waals surface area contributed by atoms with Crippen LogP contribution in [0.25, 0.3) is 0 Å². The Morgan fingerprint density at radius 3 is 2.27 bits per heavy atom. The third-order valence-corrected chi connectivity index (χ3v) is 5.04. The van der Waals surface area contributed by atoms with Crippen molar-refractivity contribution >= 4 is 11.8 Å². The molecule has 0 N–H and O–H groups in total. The Labute approximate surface area is 177 Å². The smallest absolute Gasteiger partial charge is 0.316 e. The highest BCUT2D eigenvalue weighted by Gasteiger charge is 2.28. The number of ether oxygens (including phenoxy) is 4. The van der Waals surface area contributed by atoms with Crippen LogP contribution in [0.3, 0.4) is 0 Å². The molecule has 6 heteroatoms. The van der Waals surface area contributed by atoms with Crippen LogP contribution in [-0.2, 0) is 11.2 Å². The van der Waals surface area contributed by atoms with Crippen LogP contribution < -0.4 is 18.9 Å². The number of benzene rings is 2. The van der Waals surface area contributed by atoms with Crippen molar-refractivity contribution in [1.29, 1.82) is 0 Å². The van der Waals surface area contributed by atoms with E-state index in [0.717, 1.165) is 11.1 Å². The van der Waals surface area contributed by atoms with Gasteiger partial charge >= 0.3 is 5.97 Å². The zero-order chi connectivity index (χ0) is 22.1. The van der Waals surface area contributed by atoms with Crippen LogP contribution in [0.15, 0.2) is 24.3 Å². The molecule has 6 nitrogen and oxygen atoms in total. The summed E-state index contributed by atoms with van der Waals surface area (Å²) in [4.78, 5) is 25.8. The molecule has 0 bridgehead atoms. The van der Waals surface area contributed by atoms with Crippen LogP contribution in [0, 0.1) is 19.3 Å². The molecule has 0 fully saturated rings. The highest BCUT2D eigenvalue weighted by molar-refractivity contribution is 6.01. The summed E-state index contributed by atoms with van der Waals surface area (Å²) in [5.41, 5.74) is 2.03. The summed E-state index contributed by atoms with van der Waals surface area (Å²) in [5.74, 6) is 1.56. The van der Waals surface area contributed by atoms with E-state index in [0.29, 0.717) is 41.6 Å². The highest BCUT2D eigenvalue weighted by Crippen LogP contribution is 2.36. The fourth-order valence-electron chi connectivity index (χ4n) is 3.18. The molecule has 2 aromatic rings. The number of Topliss-reactive ketones (excluding diaryl/α,β-unsaturated/α-hetero) is 1. The van der Waals surface area contributed by atoms with Crippen molar-refractivity contribution in [3.05, 3.63) is 46.5 Å². The van der Waals surface area contributed by atoms with Gasteiger partial charge in [-0.05, 0) is 70.0 Å². The Kier molecular flexibility index (Phi) is 6.06. The Morgan fingerprint density at radius 1 is 1.03 bits per heavy atom. The van der Waals surface area contributed by atoms with E-state index in [9.17, 15) is 9.59 Å². The summed E-state index contributed by atoms with van der Waals surface area (Å²) in [7, 11) is 1.54. The van der Waals surface area contributed by atoms with Gasteiger partial charge in [-0.1, -0.05) is 0 Å². The van der Waals surface area contributed by atoms with Crippen molar-refractivity contribution in [1.82, 2.24) is 0 Å². The predicted molar refractivity (Wildman–Crippen MR) is 113 cm³/mol. The molecule has 0 saturated carbocycles. The van der Waals surface area contributed by atoms with Gasteiger partial charge < -0.3 is 18.9 Å². The lowest BCUT2D eigenvalue weighted by molar-refractivity contribution is -0.143. The second-order valence-corrected chi connectivity index (χ2v) is 8.43. The standard InChI is InChI=1S/C24H28O6/c1-14-11-20-21(29-10-9-28-20)13-16(14)12-18(25)17-7-8-19(27-6)15(2)22(17)30-23(26)24(3,4)5/h7-8,11,13H,9-10,12H2,1-6H3. The fourth-order valence-corrected chi connectivity index (χ4v) is 3.18. The van der Waals surface area contributed by atoms with Crippen molar-refractivity contribution in [3.8, 4) is 23.0 Å². The number of rotatable bonds is 5. The van der Waals surface area contributed by atoms with Crippen molar-refractivity contribution in [2.75, 3.05) is 20.3 Å². The van der Waals surface area contributed by atoms with Crippen LogP contribution in [-0.4, -0.2) is 32.1 Å². The highest BCUT2D eigenvalue weighted by atomic mass is 16.6. The van der Waals surface area contributed by atoms with Gasteiger partial charge in [0.15, 0.2) is 17.3 Å². The summed E-state index contributed by atoms with van der Waals surface area (Å²) in [6.07, 6.45) is 0.147. The Bertz CT molecular complexity index is 984. The summed E-state index contributed by atoms with van der Waals surface area (Å²) in [5, 5.41) is 0. The molecule has 0 saturated heterocycles. The van der Waals surface area contributed by atoms with E-state index in [2.05, 4.69) is 0 Å². The molecular weight excluding hydrogens is 384 g/mol. The fraction of sp³-hybridized carbons (Fsp3) is 0.417. The second-order valence-electron chi connectivity index (χ2n) is 8.43. The predicted octanol–water partition coefficient (Wildman–Crippen LogP) is 4.46. The van der Waals surface area contributed by atoms with Gasteiger partial charge in [0.2, 0.25) is 0 Å². The molecule has 0 unspecified atom stereocenters. The number of methoxy groups -OCH3 is 1. The zero-order valence-corrected chi connectivity index (χ0v) is 18.4. The molecule has 160 valence electrons. The van der Waals surface area contributed by atoms with Gasteiger partial charge in [0, 0.05) is 12.0 Å². The Morgan fingerprint density at radius 2 is 1.67 bits per heavy atom. The van der Waals surface area contributed by atoms with Crippen LogP contribution in [0.2, 0.25) is 0 Å². The molecule has 0 aliphatic carbocycles. The minimum Gasteiger partial charge on any atom is -0.496 e. The molecule has 0 radical (unpaired) electrons. The molecule has 30 heavy (non-hydrogen) atoms. The van der Waals surface area contributed by atoms with Gasteiger partial charge in [-0.25, -0.2) is 0 Å². The van der Waals surface area contributed by atoms with E-state index in [1.54, 1.807) is 39.8 Å². The summed E-state index contributed by atoms with van der Waals surface area (Å²) >= 11 is 0. The van der Waals surface area contributed by atoms with Crippen LogP contribution >= 0.6 is 0 Å². The first kappa shape index (κ1) is 21.7. The zero-order valence-electron chi connectivity index (χ0n) is 18.4. The van der Waals surface area contributed by atoms with E-state index in [4.69, 9.17) is 18.9 Å². The Balaban J connectivity index is 1.96. The van der Waals surface area contributed by atoms with Gasteiger partial charge in [-0.2, -0.15) is 0 Å². The minimum absolute atomic E-state index is 0.147. The molecule has 2 aromatic carbocycles. The van der Waals surface area contributed by atoms with Crippen LogP contribution in [0.5, 0.6) is 23.0 Å². The van der Waals surface area contributed by atoms with Gasteiger partial charge in [-0.15, -0.1) is 0 Å². The second kappa shape index (κ2) is 8.38. The van der Waals surface area contributed by atoms with E-state index < -0.39 is 11.4 Å². The van der Waals surface area contributed by atoms with Gasteiger partial charge in [0.05, 0.1) is 18.1 Å². The number of hydrogen-bond donors (Lipinski definition) is 0. The topological polar surface area (TPSA) is 71.1 Å². The first-order valence-electron chi connectivity index (χ1n) is 9.94. The lowest BCUT2D eigenvalue weighted by Gasteiger charge is -2.21. The van der Waals surface area contributed by atoms with E-state index in [-0.39, 0.29) is 18.0 Å². The first-order valence-corrected chi connectivity index (χ1v) is 9.94. The summed E-state index contributed by atoms with van der Waals surface area (Å²) < 4.78 is 22.3. The number of carbonyl (C=O) groups is 2. The van der Waals surface area contributed by atoms with E-state index in [1.807, 2.05) is 19.1 Å². The molecule has 1 aliphatic rings. The van der Waals surface area contributed by atoms with Crippen LogP contribution in [0.1, 0.15) is 47.8 Å².